The number of alkyl halides is 1. The van der Waals surface area contributed by atoms with Gasteiger partial charge in [-0.2, -0.15) is 0 Å². The van der Waals surface area contributed by atoms with Gasteiger partial charge in [-0.15, -0.1) is 11.6 Å². The van der Waals surface area contributed by atoms with E-state index in [2.05, 4.69) is 9.55 Å². The molecule has 1 aromatic heterocycles. The third-order valence-electron chi connectivity index (χ3n) is 2.04. The fraction of sp³-hybridized carbons (Fsp3) is 0.700. The smallest absolute Gasteiger partial charge is 0.167 e. The Kier molecular flexibility index (Phi) is 6.12. The molecule has 2 nitrogen and oxygen atoms in total. The van der Waals surface area contributed by atoms with Crippen molar-refractivity contribution in [3.05, 3.63) is 12.4 Å². The van der Waals surface area contributed by atoms with Crippen LogP contribution in [0.3, 0.4) is 0 Å². The number of hydrogen-bond donors (Lipinski definition) is 0. The Morgan fingerprint density at radius 3 is 2.79 bits per heavy atom. The molecule has 1 heterocycles. The number of halogens is 1. The minimum Gasteiger partial charge on any atom is -0.329 e. The summed E-state index contributed by atoms with van der Waals surface area (Å²) < 4.78 is 2.06. The molecule has 0 aliphatic carbocycles. The average molecular weight is 233 g/mol. The first-order valence-corrected chi connectivity index (χ1v) is 6.52. The minimum atomic E-state index is 0.798. The second-order valence-electron chi connectivity index (χ2n) is 3.27. The monoisotopic (exact) mass is 232 g/mol. The lowest BCUT2D eigenvalue weighted by Crippen LogP contribution is -1.90. The highest BCUT2D eigenvalue weighted by Crippen LogP contribution is 2.16. The quantitative estimate of drug-likeness (QED) is 0.408. The Balaban J connectivity index is 2.02. The van der Waals surface area contributed by atoms with Gasteiger partial charge < -0.3 is 4.57 Å². The van der Waals surface area contributed by atoms with Gasteiger partial charge in [0.05, 0.1) is 0 Å². The molecule has 14 heavy (non-hydrogen) atoms. The van der Waals surface area contributed by atoms with E-state index in [4.69, 9.17) is 11.6 Å². The summed E-state index contributed by atoms with van der Waals surface area (Å²) >= 11 is 7.43. The fourth-order valence-corrected chi connectivity index (χ4v) is 2.32. The molecule has 0 radical (unpaired) electrons. The van der Waals surface area contributed by atoms with E-state index >= 15 is 0 Å². The average Bonchev–Trinajstić information content (AvgIpc) is 2.58. The Bertz CT molecular complexity index is 250. The van der Waals surface area contributed by atoms with E-state index in [-0.39, 0.29) is 0 Å². The molecule has 0 saturated heterocycles. The van der Waals surface area contributed by atoms with E-state index in [1.165, 1.54) is 19.3 Å². The highest BCUT2D eigenvalue weighted by molar-refractivity contribution is 7.99. The summed E-state index contributed by atoms with van der Waals surface area (Å²) in [4.78, 5) is 4.25. The normalized spacial score (nSPS) is 10.7. The van der Waals surface area contributed by atoms with Crippen molar-refractivity contribution >= 4 is 23.4 Å². The Morgan fingerprint density at radius 1 is 1.36 bits per heavy atom. The maximum absolute atomic E-state index is 5.60. The predicted molar refractivity (Wildman–Crippen MR) is 63.1 cm³/mol. The van der Waals surface area contributed by atoms with Crippen molar-refractivity contribution in [2.24, 2.45) is 7.05 Å². The van der Waals surface area contributed by atoms with Crippen LogP contribution in [0.1, 0.15) is 25.7 Å². The van der Waals surface area contributed by atoms with Gasteiger partial charge in [-0.25, -0.2) is 4.98 Å². The van der Waals surface area contributed by atoms with E-state index in [1.54, 1.807) is 0 Å². The number of aromatic nitrogens is 2. The maximum Gasteiger partial charge on any atom is 0.167 e. The molecule has 0 amide bonds. The third kappa shape index (κ3) is 4.38. The zero-order valence-corrected chi connectivity index (χ0v) is 10.2. The molecule has 0 fully saturated rings. The maximum atomic E-state index is 5.60. The number of hydrogen-bond acceptors (Lipinski definition) is 2. The molecule has 0 aromatic carbocycles. The van der Waals surface area contributed by atoms with Gasteiger partial charge in [0.25, 0.3) is 0 Å². The van der Waals surface area contributed by atoms with Crippen LogP contribution < -0.4 is 0 Å². The van der Waals surface area contributed by atoms with E-state index in [9.17, 15) is 0 Å². The van der Waals surface area contributed by atoms with Crippen molar-refractivity contribution in [2.45, 2.75) is 30.8 Å². The van der Waals surface area contributed by atoms with Crippen LogP contribution in [0.15, 0.2) is 17.6 Å². The van der Waals surface area contributed by atoms with Crippen molar-refractivity contribution in [2.75, 3.05) is 11.6 Å². The summed E-state index contributed by atoms with van der Waals surface area (Å²) in [5.74, 6) is 1.96. The highest BCUT2D eigenvalue weighted by Gasteiger charge is 1.98. The molecule has 1 aromatic rings. The third-order valence-corrected chi connectivity index (χ3v) is 3.45. The van der Waals surface area contributed by atoms with Crippen LogP contribution in [0, 0.1) is 0 Å². The topological polar surface area (TPSA) is 17.8 Å². The molecule has 0 unspecified atom stereocenters. The van der Waals surface area contributed by atoms with Crippen LogP contribution in [0.4, 0.5) is 0 Å². The first-order chi connectivity index (χ1) is 6.84. The van der Waals surface area contributed by atoms with Gasteiger partial charge in [-0.1, -0.05) is 24.6 Å². The van der Waals surface area contributed by atoms with Gasteiger partial charge in [-0.05, 0) is 12.8 Å². The summed E-state index contributed by atoms with van der Waals surface area (Å²) in [6.07, 6.45) is 8.77. The number of thioether (sulfide) groups is 1. The second kappa shape index (κ2) is 7.18. The lowest BCUT2D eigenvalue weighted by atomic mass is 10.2. The molecule has 0 aliphatic rings. The number of nitrogens with zero attached hydrogens (tertiary/aromatic N) is 2. The van der Waals surface area contributed by atoms with Gasteiger partial charge in [0.2, 0.25) is 0 Å². The van der Waals surface area contributed by atoms with Crippen LogP contribution in [0.2, 0.25) is 0 Å². The Hall–Kier alpha value is -0.150. The van der Waals surface area contributed by atoms with Gasteiger partial charge >= 0.3 is 0 Å². The van der Waals surface area contributed by atoms with Crippen molar-refractivity contribution in [1.82, 2.24) is 9.55 Å². The molecule has 4 heteroatoms. The minimum absolute atomic E-state index is 0.798. The molecular weight excluding hydrogens is 216 g/mol. The van der Waals surface area contributed by atoms with Crippen LogP contribution >= 0.6 is 23.4 Å². The van der Waals surface area contributed by atoms with E-state index in [0.29, 0.717) is 0 Å². The van der Waals surface area contributed by atoms with Gasteiger partial charge in [0.1, 0.15) is 0 Å². The predicted octanol–water partition coefficient (Wildman–Crippen LogP) is 3.31. The number of imidazole rings is 1. The van der Waals surface area contributed by atoms with Crippen LogP contribution in [0.5, 0.6) is 0 Å². The number of aryl methyl sites for hydroxylation is 1. The fourth-order valence-electron chi connectivity index (χ4n) is 1.20. The molecule has 0 bridgehead atoms. The van der Waals surface area contributed by atoms with Crippen molar-refractivity contribution in [3.8, 4) is 0 Å². The lowest BCUT2D eigenvalue weighted by Gasteiger charge is -2.01. The van der Waals surface area contributed by atoms with E-state index in [1.807, 2.05) is 31.2 Å². The van der Waals surface area contributed by atoms with Crippen LogP contribution in [-0.2, 0) is 7.05 Å². The molecule has 0 saturated carbocycles. The summed E-state index contributed by atoms with van der Waals surface area (Å²) in [7, 11) is 2.03. The molecule has 0 aliphatic heterocycles. The standard InChI is InChI=1S/C10H17ClN2S/c1-13-8-7-12-10(13)14-9-5-3-2-4-6-11/h7-8H,2-6,9H2,1H3. The zero-order valence-electron chi connectivity index (χ0n) is 8.58. The number of rotatable bonds is 7. The van der Waals surface area contributed by atoms with Crippen molar-refractivity contribution in [3.63, 3.8) is 0 Å². The van der Waals surface area contributed by atoms with Crippen LogP contribution in [0.25, 0.3) is 0 Å². The summed E-state index contributed by atoms with van der Waals surface area (Å²) in [5.41, 5.74) is 0. The molecule has 1 rings (SSSR count). The molecule has 80 valence electrons. The first-order valence-electron chi connectivity index (χ1n) is 5.00. The SMILES string of the molecule is Cn1ccnc1SCCCCCCCl. The van der Waals surface area contributed by atoms with E-state index in [0.717, 1.165) is 23.2 Å². The summed E-state index contributed by atoms with van der Waals surface area (Å²) in [6, 6.07) is 0. The Labute approximate surface area is 95.1 Å². The lowest BCUT2D eigenvalue weighted by molar-refractivity contribution is 0.707. The molecular formula is C10H17ClN2S. The molecule has 0 atom stereocenters. The molecule has 0 spiro atoms. The van der Waals surface area contributed by atoms with E-state index < -0.39 is 0 Å². The van der Waals surface area contributed by atoms with Crippen LogP contribution in [-0.4, -0.2) is 21.2 Å². The first kappa shape index (κ1) is 11.9. The second-order valence-corrected chi connectivity index (χ2v) is 4.71. The Morgan fingerprint density at radius 2 is 2.14 bits per heavy atom. The van der Waals surface area contributed by atoms with Gasteiger partial charge in [0.15, 0.2) is 5.16 Å². The zero-order chi connectivity index (χ0) is 10.2. The highest BCUT2D eigenvalue weighted by atomic mass is 35.5. The van der Waals surface area contributed by atoms with Gasteiger partial charge in [0, 0.05) is 31.1 Å². The van der Waals surface area contributed by atoms with Crippen molar-refractivity contribution in [1.29, 1.82) is 0 Å². The van der Waals surface area contributed by atoms with Crippen molar-refractivity contribution < 1.29 is 0 Å². The summed E-state index contributed by atoms with van der Waals surface area (Å²) in [5, 5.41) is 1.11. The largest absolute Gasteiger partial charge is 0.329 e. The number of unbranched alkanes of at least 4 members (excludes halogenated alkanes) is 3. The van der Waals surface area contributed by atoms with Gasteiger partial charge in [-0.3, -0.25) is 0 Å². The summed E-state index contributed by atoms with van der Waals surface area (Å²) in [6.45, 7) is 0. The molecule has 0 N–H and O–H groups in total.